The molecule has 1 atom stereocenters. The van der Waals surface area contributed by atoms with Crippen molar-refractivity contribution in [3.8, 4) is 11.5 Å². The summed E-state index contributed by atoms with van der Waals surface area (Å²) >= 11 is 0. The Balaban J connectivity index is 2.29. The second kappa shape index (κ2) is 4.57. The molecule has 0 radical (unpaired) electrons. The minimum absolute atomic E-state index is 0.0256. The van der Waals surface area contributed by atoms with Crippen LogP contribution < -0.4 is 4.74 Å². The zero-order chi connectivity index (χ0) is 12.4. The second-order valence-corrected chi connectivity index (χ2v) is 4.27. The number of carbonyl (C=O) groups excluding carboxylic acids is 2. The molecule has 1 aliphatic rings. The Morgan fingerprint density at radius 3 is 2.82 bits per heavy atom. The Morgan fingerprint density at radius 1 is 1.47 bits per heavy atom. The highest BCUT2D eigenvalue weighted by atomic mass is 16.5. The highest BCUT2D eigenvalue weighted by molar-refractivity contribution is 5.82. The van der Waals surface area contributed by atoms with Gasteiger partial charge in [-0.05, 0) is 18.4 Å². The molecule has 0 amide bonds. The molecule has 2 rings (SSSR count). The molecule has 1 aromatic carbocycles. The number of phenols is 1. The van der Waals surface area contributed by atoms with Crippen molar-refractivity contribution in [1.29, 1.82) is 0 Å². The summed E-state index contributed by atoms with van der Waals surface area (Å²) < 4.78 is 4.90. The predicted molar refractivity (Wildman–Crippen MR) is 61.0 cm³/mol. The summed E-state index contributed by atoms with van der Waals surface area (Å²) in [6.07, 6.45) is 1.76. The first kappa shape index (κ1) is 11.6. The number of carbonyl (C=O) groups is 2. The van der Waals surface area contributed by atoms with Gasteiger partial charge in [0.1, 0.15) is 5.78 Å². The Labute approximate surface area is 99.2 Å². The minimum Gasteiger partial charge on any atom is -0.504 e. The van der Waals surface area contributed by atoms with E-state index in [4.69, 9.17) is 4.74 Å². The molecule has 4 heteroatoms. The summed E-state index contributed by atoms with van der Waals surface area (Å²) in [4.78, 5) is 22.1. The van der Waals surface area contributed by atoms with Gasteiger partial charge in [0, 0.05) is 25.3 Å². The number of hydrogen-bond donors (Lipinski definition) is 1. The molecule has 4 nitrogen and oxygen atoms in total. The van der Waals surface area contributed by atoms with Crippen LogP contribution in [0, 0.1) is 0 Å². The van der Waals surface area contributed by atoms with E-state index in [1.807, 2.05) is 0 Å². The average Bonchev–Trinajstić information content (AvgIpc) is 2.67. The van der Waals surface area contributed by atoms with Gasteiger partial charge in [0.2, 0.25) is 0 Å². The molecule has 0 bridgehead atoms. The van der Waals surface area contributed by atoms with E-state index in [2.05, 4.69) is 0 Å². The molecule has 1 fully saturated rings. The van der Waals surface area contributed by atoms with Crippen molar-refractivity contribution in [2.45, 2.75) is 32.1 Å². The van der Waals surface area contributed by atoms with E-state index >= 15 is 0 Å². The standard InChI is InChI=1S/C13H14O4/c1-8(14)17-12-4-2-3-11(13(12)16)9-5-6-10(15)7-9/h2-4,9,16H,5-7H2,1H3. The molecule has 1 N–H and O–H groups in total. The third-order valence-corrected chi connectivity index (χ3v) is 2.97. The van der Waals surface area contributed by atoms with Gasteiger partial charge in [0.25, 0.3) is 0 Å². The number of benzene rings is 1. The van der Waals surface area contributed by atoms with Crippen molar-refractivity contribution in [2.75, 3.05) is 0 Å². The first-order valence-electron chi connectivity index (χ1n) is 5.60. The van der Waals surface area contributed by atoms with E-state index in [0.29, 0.717) is 18.4 Å². The van der Waals surface area contributed by atoms with Crippen LogP contribution in [-0.2, 0) is 9.59 Å². The number of hydrogen-bond acceptors (Lipinski definition) is 4. The summed E-state index contributed by atoms with van der Waals surface area (Å²) in [5.74, 6) is -0.0815. The van der Waals surface area contributed by atoms with E-state index in [1.165, 1.54) is 13.0 Å². The first-order valence-corrected chi connectivity index (χ1v) is 5.60. The molecule has 90 valence electrons. The lowest BCUT2D eigenvalue weighted by atomic mass is 9.96. The highest BCUT2D eigenvalue weighted by Gasteiger charge is 2.26. The third-order valence-electron chi connectivity index (χ3n) is 2.97. The van der Waals surface area contributed by atoms with Gasteiger partial charge in [-0.3, -0.25) is 9.59 Å². The molecule has 1 saturated carbocycles. The van der Waals surface area contributed by atoms with Crippen molar-refractivity contribution >= 4 is 11.8 Å². The molecule has 17 heavy (non-hydrogen) atoms. The fourth-order valence-electron chi connectivity index (χ4n) is 2.19. The molecule has 1 unspecified atom stereocenters. The highest BCUT2D eigenvalue weighted by Crippen LogP contribution is 2.40. The maximum atomic E-state index is 11.2. The van der Waals surface area contributed by atoms with Gasteiger partial charge in [0.05, 0.1) is 0 Å². The van der Waals surface area contributed by atoms with Gasteiger partial charge in [-0.15, -0.1) is 0 Å². The van der Waals surface area contributed by atoms with E-state index in [9.17, 15) is 14.7 Å². The fraction of sp³-hybridized carbons (Fsp3) is 0.385. The molecule has 0 heterocycles. The Hall–Kier alpha value is -1.84. The minimum atomic E-state index is -0.472. The lowest BCUT2D eigenvalue weighted by Gasteiger charge is -2.13. The molecular formula is C13H14O4. The van der Waals surface area contributed by atoms with Gasteiger partial charge < -0.3 is 9.84 Å². The third kappa shape index (κ3) is 2.46. The zero-order valence-electron chi connectivity index (χ0n) is 9.60. The van der Waals surface area contributed by atoms with Gasteiger partial charge >= 0.3 is 5.97 Å². The molecule has 0 aliphatic heterocycles. The van der Waals surface area contributed by atoms with Gasteiger partial charge in [-0.2, -0.15) is 0 Å². The molecule has 0 saturated heterocycles. The number of para-hydroxylation sites is 1. The van der Waals surface area contributed by atoms with E-state index in [1.54, 1.807) is 12.1 Å². The van der Waals surface area contributed by atoms with E-state index < -0.39 is 5.97 Å². The van der Waals surface area contributed by atoms with Gasteiger partial charge in [-0.1, -0.05) is 12.1 Å². The zero-order valence-corrected chi connectivity index (χ0v) is 9.60. The number of esters is 1. The van der Waals surface area contributed by atoms with Crippen molar-refractivity contribution in [3.63, 3.8) is 0 Å². The van der Waals surface area contributed by atoms with Gasteiger partial charge in [0.15, 0.2) is 11.5 Å². The summed E-state index contributed by atoms with van der Waals surface area (Å²) in [7, 11) is 0. The van der Waals surface area contributed by atoms with Crippen LogP contribution in [0.15, 0.2) is 18.2 Å². The summed E-state index contributed by atoms with van der Waals surface area (Å²) in [5.41, 5.74) is 0.689. The number of rotatable bonds is 2. The Bertz CT molecular complexity index is 464. The monoisotopic (exact) mass is 234 g/mol. The van der Waals surface area contributed by atoms with Crippen LogP contribution in [0.1, 0.15) is 37.7 Å². The lowest BCUT2D eigenvalue weighted by Crippen LogP contribution is -2.03. The topological polar surface area (TPSA) is 63.6 Å². The Kier molecular flexibility index (Phi) is 3.13. The number of Topliss-reactive ketones (excluding diaryl/α,β-unsaturated/α-hetero) is 1. The SMILES string of the molecule is CC(=O)Oc1cccc(C2CCC(=O)C2)c1O. The Morgan fingerprint density at radius 2 is 2.24 bits per heavy atom. The smallest absolute Gasteiger partial charge is 0.308 e. The summed E-state index contributed by atoms with van der Waals surface area (Å²) in [6, 6.07) is 5.03. The number of aromatic hydroxyl groups is 1. The number of ketones is 1. The van der Waals surface area contributed by atoms with Crippen LogP contribution in [-0.4, -0.2) is 16.9 Å². The van der Waals surface area contributed by atoms with Crippen molar-refractivity contribution in [3.05, 3.63) is 23.8 Å². The number of ether oxygens (including phenoxy) is 1. The quantitative estimate of drug-likeness (QED) is 0.629. The number of phenolic OH excluding ortho intramolecular Hbond substituents is 1. The van der Waals surface area contributed by atoms with Crippen LogP contribution in [0.2, 0.25) is 0 Å². The van der Waals surface area contributed by atoms with Crippen LogP contribution in [0.4, 0.5) is 0 Å². The molecule has 1 aromatic rings. The largest absolute Gasteiger partial charge is 0.504 e. The van der Waals surface area contributed by atoms with Crippen molar-refractivity contribution in [1.82, 2.24) is 0 Å². The summed E-state index contributed by atoms with van der Waals surface area (Å²) in [5, 5.41) is 10.00. The van der Waals surface area contributed by atoms with Crippen molar-refractivity contribution in [2.24, 2.45) is 0 Å². The maximum Gasteiger partial charge on any atom is 0.308 e. The fourth-order valence-corrected chi connectivity index (χ4v) is 2.19. The van der Waals surface area contributed by atoms with Crippen LogP contribution in [0.25, 0.3) is 0 Å². The van der Waals surface area contributed by atoms with E-state index in [0.717, 1.165) is 6.42 Å². The predicted octanol–water partition coefficient (Wildman–Crippen LogP) is 2.15. The van der Waals surface area contributed by atoms with Crippen molar-refractivity contribution < 1.29 is 19.4 Å². The van der Waals surface area contributed by atoms with E-state index in [-0.39, 0.29) is 23.2 Å². The summed E-state index contributed by atoms with van der Waals surface area (Å²) in [6.45, 7) is 1.28. The second-order valence-electron chi connectivity index (χ2n) is 4.27. The first-order chi connectivity index (χ1) is 8.08. The average molecular weight is 234 g/mol. The van der Waals surface area contributed by atoms with Crippen LogP contribution >= 0.6 is 0 Å². The molecular weight excluding hydrogens is 220 g/mol. The molecule has 0 aromatic heterocycles. The van der Waals surface area contributed by atoms with Crippen LogP contribution in [0.5, 0.6) is 11.5 Å². The lowest BCUT2D eigenvalue weighted by molar-refractivity contribution is -0.132. The van der Waals surface area contributed by atoms with Crippen LogP contribution in [0.3, 0.4) is 0 Å². The maximum absolute atomic E-state index is 11.2. The van der Waals surface area contributed by atoms with Gasteiger partial charge in [-0.25, -0.2) is 0 Å². The molecule has 0 spiro atoms. The molecule has 1 aliphatic carbocycles. The normalized spacial score (nSPS) is 19.4.